The zero-order chi connectivity index (χ0) is 15.8. The summed E-state index contributed by atoms with van der Waals surface area (Å²) in [5.74, 6) is 0. The molecule has 1 aromatic rings. The van der Waals surface area contributed by atoms with Gasteiger partial charge in [0.25, 0.3) is 0 Å². The summed E-state index contributed by atoms with van der Waals surface area (Å²) in [6, 6.07) is 0.853. The molecule has 0 aliphatic heterocycles. The molecular weight excluding hydrogens is 282 g/mol. The Balaban J connectivity index is 2.92. The van der Waals surface area contributed by atoms with Crippen molar-refractivity contribution in [2.45, 2.75) is 66.1 Å². The first-order valence-corrected chi connectivity index (χ1v) is 8.82. The summed E-state index contributed by atoms with van der Waals surface area (Å²) < 4.78 is 5.29. The number of methoxy groups -OCH3 is 1. The van der Waals surface area contributed by atoms with E-state index < -0.39 is 0 Å². The molecule has 1 heterocycles. The molecule has 0 spiro atoms. The Labute approximate surface area is 133 Å². The first kappa shape index (κ1) is 18.4. The normalized spacial score (nSPS) is 12.9. The highest BCUT2D eigenvalue weighted by Crippen LogP contribution is 2.28. The average molecular weight is 314 g/mol. The molecule has 1 aromatic heterocycles. The van der Waals surface area contributed by atoms with Gasteiger partial charge in [0.05, 0.1) is 18.3 Å². The third-order valence-electron chi connectivity index (χ3n) is 3.45. The fourth-order valence-corrected chi connectivity index (χ4v) is 3.55. The average Bonchev–Trinajstić information content (AvgIpc) is 2.81. The van der Waals surface area contributed by atoms with Crippen molar-refractivity contribution in [3.63, 3.8) is 0 Å². The van der Waals surface area contributed by atoms with Gasteiger partial charge in [0.1, 0.15) is 0 Å². The molecule has 0 amide bonds. The van der Waals surface area contributed by atoms with Crippen LogP contribution in [0.15, 0.2) is 0 Å². The van der Waals surface area contributed by atoms with Gasteiger partial charge in [-0.3, -0.25) is 0 Å². The predicted molar refractivity (Wildman–Crippen MR) is 92.4 cm³/mol. The van der Waals surface area contributed by atoms with E-state index in [4.69, 9.17) is 9.72 Å². The number of aromatic nitrogens is 1. The van der Waals surface area contributed by atoms with E-state index in [2.05, 4.69) is 44.8 Å². The Bertz CT molecular complexity index is 406. The molecule has 1 rings (SSSR count). The van der Waals surface area contributed by atoms with E-state index in [1.165, 1.54) is 10.6 Å². The molecule has 0 aliphatic carbocycles. The standard InChI is InChI=1S/C16H31N3OS/c1-7-9-14-15(10-17-12(3)4)21-16(18-14)19(8-2)13(5)11-20-6/h12-13,17H,7-11H2,1-6H3. The van der Waals surface area contributed by atoms with Gasteiger partial charge in [-0.2, -0.15) is 0 Å². The van der Waals surface area contributed by atoms with Crippen LogP contribution in [0.2, 0.25) is 0 Å². The Kier molecular flexibility index (Phi) is 8.22. The number of anilines is 1. The molecule has 0 fully saturated rings. The lowest BCUT2D eigenvalue weighted by Gasteiger charge is -2.26. The van der Waals surface area contributed by atoms with Gasteiger partial charge >= 0.3 is 0 Å². The summed E-state index contributed by atoms with van der Waals surface area (Å²) in [5, 5.41) is 4.64. The number of aryl methyl sites for hydroxylation is 1. The Morgan fingerprint density at radius 3 is 2.52 bits per heavy atom. The molecule has 5 heteroatoms. The lowest BCUT2D eigenvalue weighted by Crippen LogP contribution is -2.36. The van der Waals surface area contributed by atoms with E-state index in [1.54, 1.807) is 7.11 Å². The molecule has 1 atom stereocenters. The second-order valence-electron chi connectivity index (χ2n) is 5.74. The minimum absolute atomic E-state index is 0.353. The van der Waals surface area contributed by atoms with Crippen LogP contribution in [-0.2, 0) is 17.7 Å². The first-order chi connectivity index (χ1) is 10.0. The molecule has 0 saturated carbocycles. The van der Waals surface area contributed by atoms with Crippen LogP contribution in [-0.4, -0.2) is 37.3 Å². The van der Waals surface area contributed by atoms with Gasteiger partial charge in [0.15, 0.2) is 5.13 Å². The lowest BCUT2D eigenvalue weighted by molar-refractivity contribution is 0.182. The largest absolute Gasteiger partial charge is 0.383 e. The van der Waals surface area contributed by atoms with E-state index in [1.807, 2.05) is 11.3 Å². The van der Waals surface area contributed by atoms with Gasteiger partial charge < -0.3 is 15.0 Å². The highest BCUT2D eigenvalue weighted by Gasteiger charge is 2.19. The Morgan fingerprint density at radius 2 is 2.00 bits per heavy atom. The van der Waals surface area contributed by atoms with Gasteiger partial charge in [-0.15, -0.1) is 11.3 Å². The summed E-state index contributed by atoms with van der Waals surface area (Å²) >= 11 is 1.83. The summed E-state index contributed by atoms with van der Waals surface area (Å²) in [5.41, 5.74) is 1.26. The fraction of sp³-hybridized carbons (Fsp3) is 0.812. The van der Waals surface area contributed by atoms with E-state index in [9.17, 15) is 0 Å². The van der Waals surface area contributed by atoms with E-state index in [0.717, 1.165) is 37.7 Å². The number of hydrogen-bond acceptors (Lipinski definition) is 5. The maximum Gasteiger partial charge on any atom is 0.186 e. The number of hydrogen-bond donors (Lipinski definition) is 1. The van der Waals surface area contributed by atoms with Crippen LogP contribution in [0.1, 0.15) is 51.6 Å². The van der Waals surface area contributed by atoms with Gasteiger partial charge in [-0.1, -0.05) is 27.2 Å². The zero-order valence-corrected chi connectivity index (χ0v) is 15.2. The smallest absolute Gasteiger partial charge is 0.186 e. The van der Waals surface area contributed by atoms with Crippen LogP contribution < -0.4 is 10.2 Å². The van der Waals surface area contributed by atoms with Crippen molar-refractivity contribution in [1.29, 1.82) is 0 Å². The summed E-state index contributed by atoms with van der Waals surface area (Å²) in [7, 11) is 1.76. The number of rotatable bonds is 10. The van der Waals surface area contributed by atoms with Gasteiger partial charge in [0.2, 0.25) is 0 Å². The maximum absolute atomic E-state index is 5.29. The van der Waals surface area contributed by atoms with Gasteiger partial charge in [-0.25, -0.2) is 4.98 Å². The molecule has 0 aliphatic rings. The van der Waals surface area contributed by atoms with E-state index >= 15 is 0 Å². The second-order valence-corrected chi connectivity index (χ2v) is 6.80. The number of likely N-dealkylation sites (N-methyl/N-ethyl adjacent to an activating group) is 1. The highest BCUT2D eigenvalue weighted by molar-refractivity contribution is 7.15. The molecular formula is C16H31N3OS. The highest BCUT2D eigenvalue weighted by atomic mass is 32.1. The van der Waals surface area contributed by atoms with Crippen LogP contribution >= 0.6 is 11.3 Å². The Hall–Kier alpha value is -0.650. The van der Waals surface area contributed by atoms with Crippen molar-refractivity contribution in [1.82, 2.24) is 10.3 Å². The number of thiazole rings is 1. The van der Waals surface area contributed by atoms with Crippen LogP contribution in [0.5, 0.6) is 0 Å². The molecule has 1 unspecified atom stereocenters. The second kappa shape index (κ2) is 9.38. The van der Waals surface area contributed by atoms with Crippen molar-refractivity contribution in [2.24, 2.45) is 0 Å². The van der Waals surface area contributed by atoms with E-state index in [-0.39, 0.29) is 0 Å². The van der Waals surface area contributed by atoms with Gasteiger partial charge in [-0.05, 0) is 20.3 Å². The molecule has 4 nitrogen and oxygen atoms in total. The van der Waals surface area contributed by atoms with Crippen LogP contribution in [0.25, 0.3) is 0 Å². The van der Waals surface area contributed by atoms with Crippen molar-refractivity contribution >= 4 is 16.5 Å². The van der Waals surface area contributed by atoms with Gasteiger partial charge in [0, 0.05) is 31.1 Å². The van der Waals surface area contributed by atoms with Crippen molar-refractivity contribution in [2.75, 3.05) is 25.2 Å². The first-order valence-electron chi connectivity index (χ1n) is 8.00. The SMILES string of the molecule is CCCc1nc(N(CC)C(C)COC)sc1CNC(C)C. The van der Waals surface area contributed by atoms with E-state index in [0.29, 0.717) is 12.1 Å². The summed E-state index contributed by atoms with van der Waals surface area (Å²) in [6.45, 7) is 13.6. The number of nitrogens with zero attached hydrogens (tertiary/aromatic N) is 2. The molecule has 21 heavy (non-hydrogen) atoms. The quantitative estimate of drug-likeness (QED) is 0.718. The molecule has 0 aromatic carbocycles. The summed E-state index contributed by atoms with van der Waals surface area (Å²) in [6.07, 6.45) is 2.19. The van der Waals surface area contributed by atoms with Crippen LogP contribution in [0.3, 0.4) is 0 Å². The van der Waals surface area contributed by atoms with Crippen LogP contribution in [0.4, 0.5) is 5.13 Å². The molecule has 0 radical (unpaired) electrons. The third kappa shape index (κ3) is 5.57. The molecule has 0 bridgehead atoms. The molecule has 122 valence electrons. The third-order valence-corrected chi connectivity index (χ3v) is 4.59. The topological polar surface area (TPSA) is 37.4 Å². The molecule has 1 N–H and O–H groups in total. The fourth-order valence-electron chi connectivity index (χ4n) is 2.33. The molecule has 0 saturated heterocycles. The minimum atomic E-state index is 0.353. The lowest BCUT2D eigenvalue weighted by atomic mass is 10.2. The van der Waals surface area contributed by atoms with Crippen molar-refractivity contribution in [3.05, 3.63) is 10.6 Å². The van der Waals surface area contributed by atoms with Crippen LogP contribution in [0, 0.1) is 0 Å². The minimum Gasteiger partial charge on any atom is -0.383 e. The number of nitrogens with one attached hydrogen (secondary N) is 1. The van der Waals surface area contributed by atoms with Crippen molar-refractivity contribution < 1.29 is 4.74 Å². The predicted octanol–water partition coefficient (Wildman–Crippen LogP) is 3.45. The monoisotopic (exact) mass is 313 g/mol. The number of ether oxygens (including phenoxy) is 1. The summed E-state index contributed by atoms with van der Waals surface area (Å²) in [4.78, 5) is 8.62. The Morgan fingerprint density at radius 1 is 1.29 bits per heavy atom. The zero-order valence-electron chi connectivity index (χ0n) is 14.4. The maximum atomic E-state index is 5.29. The van der Waals surface area contributed by atoms with Crippen molar-refractivity contribution in [3.8, 4) is 0 Å².